The zero-order valence-corrected chi connectivity index (χ0v) is 9.36. The Bertz CT molecular complexity index is 367. The number of carbonyl (C=O) groups excluding carboxylic acids is 1. The number of esters is 1. The Labute approximate surface area is 89.5 Å². The topological polar surface area (TPSA) is 44.1 Å². The lowest BCUT2D eigenvalue weighted by atomic mass is 10.4. The number of aryl methyl sites for hydroxylation is 2. The third-order valence-corrected chi connectivity index (χ3v) is 1.92. The van der Waals surface area contributed by atoms with Crippen molar-refractivity contribution in [2.24, 2.45) is 0 Å². The summed E-state index contributed by atoms with van der Waals surface area (Å²) in [4.78, 5) is 11.0. The summed E-state index contributed by atoms with van der Waals surface area (Å²) in [6, 6.07) is 2.00. The van der Waals surface area contributed by atoms with Crippen LogP contribution in [0.15, 0.2) is 18.2 Å². The first-order valence-electron chi connectivity index (χ1n) is 4.98. The van der Waals surface area contributed by atoms with E-state index >= 15 is 0 Å². The molecule has 1 aromatic rings. The number of ether oxygens (including phenoxy) is 1. The van der Waals surface area contributed by atoms with Gasteiger partial charge < -0.3 is 4.74 Å². The van der Waals surface area contributed by atoms with Crippen LogP contribution in [-0.2, 0) is 16.1 Å². The molecule has 4 heteroatoms. The Hall–Kier alpha value is -1.58. The minimum atomic E-state index is -0.306. The lowest BCUT2D eigenvalue weighted by Gasteiger charge is -1.99. The molecule has 0 bridgehead atoms. The summed E-state index contributed by atoms with van der Waals surface area (Å²) < 4.78 is 6.60. The van der Waals surface area contributed by atoms with Gasteiger partial charge in [-0.1, -0.05) is 6.08 Å². The first kappa shape index (κ1) is 11.5. The molecule has 15 heavy (non-hydrogen) atoms. The third-order valence-electron chi connectivity index (χ3n) is 1.92. The van der Waals surface area contributed by atoms with E-state index in [4.69, 9.17) is 4.74 Å². The molecule has 0 aliphatic heterocycles. The second-order valence-corrected chi connectivity index (χ2v) is 3.26. The van der Waals surface area contributed by atoms with Crippen molar-refractivity contribution in [2.45, 2.75) is 27.3 Å². The molecule has 1 aromatic heterocycles. The molecular weight excluding hydrogens is 192 g/mol. The van der Waals surface area contributed by atoms with E-state index in [0.29, 0.717) is 13.2 Å². The molecule has 0 aliphatic rings. The maximum atomic E-state index is 11.0. The third kappa shape index (κ3) is 3.58. The van der Waals surface area contributed by atoms with Gasteiger partial charge in [0.25, 0.3) is 0 Å². The van der Waals surface area contributed by atoms with Gasteiger partial charge in [-0.15, -0.1) is 0 Å². The normalized spacial score (nSPS) is 10.9. The van der Waals surface area contributed by atoms with Gasteiger partial charge >= 0.3 is 5.97 Å². The summed E-state index contributed by atoms with van der Waals surface area (Å²) >= 11 is 0. The first-order valence-corrected chi connectivity index (χ1v) is 4.98. The average Bonchev–Trinajstić information content (AvgIpc) is 2.46. The van der Waals surface area contributed by atoms with Crippen LogP contribution in [0.5, 0.6) is 0 Å². The Kier molecular flexibility index (Phi) is 4.09. The van der Waals surface area contributed by atoms with Crippen LogP contribution in [0, 0.1) is 13.8 Å². The SMILES string of the molecule is CCOC(=O)/C=C/Cn1nc(C)cc1C. The quantitative estimate of drug-likeness (QED) is 0.558. The van der Waals surface area contributed by atoms with Gasteiger partial charge in [0.15, 0.2) is 0 Å². The molecule has 0 aromatic carbocycles. The van der Waals surface area contributed by atoms with E-state index in [-0.39, 0.29) is 5.97 Å². The highest BCUT2D eigenvalue weighted by atomic mass is 16.5. The van der Waals surface area contributed by atoms with E-state index in [0.717, 1.165) is 11.4 Å². The summed E-state index contributed by atoms with van der Waals surface area (Å²) in [6.45, 7) is 6.71. The molecule has 4 nitrogen and oxygen atoms in total. The van der Waals surface area contributed by atoms with Crippen LogP contribution < -0.4 is 0 Å². The van der Waals surface area contributed by atoms with Crippen LogP contribution in [0.1, 0.15) is 18.3 Å². The van der Waals surface area contributed by atoms with E-state index in [1.165, 1.54) is 6.08 Å². The van der Waals surface area contributed by atoms with Crippen LogP contribution in [0.25, 0.3) is 0 Å². The Balaban J connectivity index is 2.50. The maximum absolute atomic E-state index is 11.0. The molecule has 0 unspecified atom stereocenters. The lowest BCUT2D eigenvalue weighted by molar-refractivity contribution is -0.137. The molecule has 0 spiro atoms. The number of nitrogens with zero attached hydrogens (tertiary/aromatic N) is 2. The van der Waals surface area contributed by atoms with Crippen LogP contribution in [0.2, 0.25) is 0 Å². The van der Waals surface area contributed by atoms with Crippen molar-refractivity contribution in [3.05, 3.63) is 29.6 Å². The smallest absolute Gasteiger partial charge is 0.330 e. The summed E-state index contributed by atoms with van der Waals surface area (Å²) in [7, 11) is 0. The van der Waals surface area contributed by atoms with E-state index < -0.39 is 0 Å². The number of rotatable bonds is 4. The molecule has 0 atom stereocenters. The fraction of sp³-hybridized carbons (Fsp3) is 0.455. The van der Waals surface area contributed by atoms with Crippen molar-refractivity contribution in [1.29, 1.82) is 0 Å². The van der Waals surface area contributed by atoms with Crippen molar-refractivity contribution in [3.8, 4) is 0 Å². The zero-order chi connectivity index (χ0) is 11.3. The number of hydrogen-bond acceptors (Lipinski definition) is 3. The van der Waals surface area contributed by atoms with Crippen molar-refractivity contribution < 1.29 is 9.53 Å². The summed E-state index contributed by atoms with van der Waals surface area (Å²) in [5.74, 6) is -0.306. The van der Waals surface area contributed by atoms with Crippen molar-refractivity contribution >= 4 is 5.97 Å². The molecule has 1 rings (SSSR count). The van der Waals surface area contributed by atoms with E-state index in [2.05, 4.69) is 5.10 Å². The number of aromatic nitrogens is 2. The first-order chi connectivity index (χ1) is 7.13. The molecule has 1 heterocycles. The number of carbonyl (C=O) groups is 1. The molecule has 0 aliphatic carbocycles. The van der Waals surface area contributed by atoms with Gasteiger partial charge in [0.2, 0.25) is 0 Å². The predicted molar refractivity (Wildman–Crippen MR) is 57.5 cm³/mol. The standard InChI is InChI=1S/C11H16N2O2/c1-4-15-11(14)6-5-7-13-10(3)8-9(2)12-13/h5-6,8H,4,7H2,1-3H3/b6-5+. The molecule has 0 fully saturated rings. The van der Waals surface area contributed by atoms with Gasteiger partial charge in [-0.25, -0.2) is 4.79 Å². The molecule has 82 valence electrons. The van der Waals surface area contributed by atoms with Crippen molar-refractivity contribution in [2.75, 3.05) is 6.61 Å². The van der Waals surface area contributed by atoms with Gasteiger partial charge in [-0.3, -0.25) is 4.68 Å². The minimum absolute atomic E-state index is 0.306. The Morgan fingerprint density at radius 2 is 2.33 bits per heavy atom. The van der Waals surface area contributed by atoms with E-state index in [1.54, 1.807) is 13.0 Å². The second kappa shape index (κ2) is 5.34. The van der Waals surface area contributed by atoms with Crippen LogP contribution in [-0.4, -0.2) is 22.4 Å². The largest absolute Gasteiger partial charge is 0.463 e. The Morgan fingerprint density at radius 1 is 1.60 bits per heavy atom. The highest BCUT2D eigenvalue weighted by Crippen LogP contribution is 2.01. The van der Waals surface area contributed by atoms with E-state index in [9.17, 15) is 4.79 Å². The molecule has 0 saturated heterocycles. The van der Waals surface area contributed by atoms with E-state index in [1.807, 2.05) is 24.6 Å². The fourth-order valence-corrected chi connectivity index (χ4v) is 1.30. The van der Waals surface area contributed by atoms with Gasteiger partial charge in [-0.2, -0.15) is 5.10 Å². The number of allylic oxidation sites excluding steroid dienone is 1. The number of hydrogen-bond donors (Lipinski definition) is 0. The predicted octanol–water partition coefficient (Wildman–Crippen LogP) is 1.62. The highest BCUT2D eigenvalue weighted by Gasteiger charge is 1.98. The summed E-state index contributed by atoms with van der Waals surface area (Å²) in [5, 5.41) is 4.27. The van der Waals surface area contributed by atoms with Crippen molar-refractivity contribution in [1.82, 2.24) is 9.78 Å². The van der Waals surface area contributed by atoms with Crippen LogP contribution >= 0.6 is 0 Å². The molecule has 0 amide bonds. The van der Waals surface area contributed by atoms with Gasteiger partial charge in [0, 0.05) is 11.8 Å². The minimum Gasteiger partial charge on any atom is -0.463 e. The molecule has 0 N–H and O–H groups in total. The van der Waals surface area contributed by atoms with Crippen molar-refractivity contribution in [3.63, 3.8) is 0 Å². The molecule has 0 saturated carbocycles. The molecular formula is C11H16N2O2. The monoisotopic (exact) mass is 208 g/mol. The van der Waals surface area contributed by atoms with Gasteiger partial charge in [-0.05, 0) is 26.8 Å². The van der Waals surface area contributed by atoms with Gasteiger partial charge in [0.05, 0.1) is 18.8 Å². The highest BCUT2D eigenvalue weighted by molar-refractivity contribution is 5.81. The van der Waals surface area contributed by atoms with Crippen LogP contribution in [0.4, 0.5) is 0 Å². The summed E-state index contributed by atoms with van der Waals surface area (Å²) in [6.07, 6.45) is 3.18. The average molecular weight is 208 g/mol. The lowest BCUT2D eigenvalue weighted by Crippen LogP contribution is -2.03. The second-order valence-electron chi connectivity index (χ2n) is 3.26. The Morgan fingerprint density at radius 3 is 2.87 bits per heavy atom. The summed E-state index contributed by atoms with van der Waals surface area (Å²) in [5.41, 5.74) is 2.07. The van der Waals surface area contributed by atoms with Crippen LogP contribution in [0.3, 0.4) is 0 Å². The van der Waals surface area contributed by atoms with Gasteiger partial charge in [0.1, 0.15) is 0 Å². The maximum Gasteiger partial charge on any atom is 0.330 e. The zero-order valence-electron chi connectivity index (χ0n) is 9.36. The fourth-order valence-electron chi connectivity index (χ4n) is 1.30. The molecule has 0 radical (unpaired) electrons.